The molecule has 0 spiro atoms. The van der Waals surface area contributed by atoms with Crippen molar-refractivity contribution in [2.24, 2.45) is 11.8 Å². The lowest BCUT2D eigenvalue weighted by Crippen LogP contribution is -2.46. The number of nitrogens with one attached hydrogen (secondary N) is 1. The first-order valence-corrected chi connectivity index (χ1v) is 10.0. The number of carbonyl (C=O) groups excluding carboxylic acids is 1. The van der Waals surface area contributed by atoms with Crippen molar-refractivity contribution in [1.82, 2.24) is 15.3 Å². The van der Waals surface area contributed by atoms with Gasteiger partial charge in [-0.2, -0.15) is 0 Å². The van der Waals surface area contributed by atoms with Gasteiger partial charge in [-0.15, -0.1) is 0 Å². The van der Waals surface area contributed by atoms with Crippen molar-refractivity contribution in [3.63, 3.8) is 0 Å². The molecule has 134 valence electrons. The zero-order valence-corrected chi connectivity index (χ0v) is 16.3. The molecule has 1 N–H and O–H groups in total. The monoisotopic (exact) mass is 357 g/mol. The molecule has 0 bridgehead atoms. The Morgan fingerprint density at radius 2 is 2.00 bits per heavy atom. The van der Waals surface area contributed by atoms with E-state index >= 15 is 0 Å². The lowest BCUT2D eigenvalue weighted by Gasteiger charge is -2.35. The summed E-state index contributed by atoms with van der Waals surface area (Å²) in [6, 6.07) is 8.27. The van der Waals surface area contributed by atoms with Crippen LogP contribution in [0.4, 0.5) is 0 Å². The number of amides is 1. The number of carbonyl (C=O) groups is 1. The Hall–Kier alpha value is -1.62. The maximum Gasteiger partial charge on any atom is 0.233 e. The van der Waals surface area contributed by atoms with E-state index in [9.17, 15) is 4.79 Å². The van der Waals surface area contributed by atoms with E-state index in [1.54, 1.807) is 0 Å². The molecule has 0 radical (unpaired) electrons. The van der Waals surface area contributed by atoms with Gasteiger partial charge in [0.2, 0.25) is 5.91 Å². The number of aryl methyl sites for hydroxylation is 1. The molecule has 0 saturated heterocycles. The van der Waals surface area contributed by atoms with Gasteiger partial charge in [0.25, 0.3) is 0 Å². The molecule has 0 aliphatic heterocycles. The van der Waals surface area contributed by atoms with Crippen LogP contribution >= 0.6 is 11.8 Å². The molecule has 2 aromatic rings. The predicted octanol–water partition coefficient (Wildman–Crippen LogP) is 4.36. The molecule has 0 unspecified atom stereocenters. The van der Waals surface area contributed by atoms with Gasteiger partial charge < -0.3 is 5.32 Å². The zero-order chi connectivity index (χ0) is 18.0. The van der Waals surface area contributed by atoms with E-state index in [4.69, 9.17) is 0 Å². The van der Waals surface area contributed by atoms with Gasteiger partial charge in [0.1, 0.15) is 10.9 Å². The van der Waals surface area contributed by atoms with Gasteiger partial charge in [-0.1, -0.05) is 56.7 Å². The van der Waals surface area contributed by atoms with Crippen LogP contribution in [0.2, 0.25) is 0 Å². The summed E-state index contributed by atoms with van der Waals surface area (Å²) in [5.41, 5.74) is 0.930. The molecule has 1 amide bonds. The first-order chi connectivity index (χ1) is 12.0. The number of para-hydroxylation sites is 1. The van der Waals surface area contributed by atoms with Crippen molar-refractivity contribution in [3.05, 3.63) is 30.1 Å². The average Bonchev–Trinajstić information content (AvgIpc) is 2.58. The second-order valence-corrected chi connectivity index (χ2v) is 8.57. The molecule has 1 saturated carbocycles. The van der Waals surface area contributed by atoms with Crippen LogP contribution in [0.1, 0.15) is 45.9 Å². The number of rotatable bonds is 4. The molecule has 4 atom stereocenters. The summed E-state index contributed by atoms with van der Waals surface area (Å²) in [6.45, 7) is 8.40. The Kier molecular flexibility index (Phi) is 5.62. The molecule has 1 aliphatic carbocycles. The fourth-order valence-electron chi connectivity index (χ4n) is 3.56. The van der Waals surface area contributed by atoms with Gasteiger partial charge in [-0.25, -0.2) is 9.97 Å². The summed E-state index contributed by atoms with van der Waals surface area (Å²) in [7, 11) is 0. The fourth-order valence-corrected chi connectivity index (χ4v) is 4.55. The van der Waals surface area contributed by atoms with Gasteiger partial charge in [-0.05, 0) is 38.2 Å². The third-order valence-corrected chi connectivity index (χ3v) is 6.47. The highest BCUT2D eigenvalue weighted by atomic mass is 32.2. The zero-order valence-electron chi connectivity index (χ0n) is 15.5. The highest BCUT2D eigenvalue weighted by molar-refractivity contribution is 8.00. The minimum atomic E-state index is -0.179. The lowest BCUT2D eigenvalue weighted by atomic mass is 9.78. The van der Waals surface area contributed by atoms with E-state index in [-0.39, 0.29) is 11.2 Å². The molecular weight excluding hydrogens is 330 g/mol. The average molecular weight is 358 g/mol. The Labute approximate surface area is 154 Å². The first kappa shape index (κ1) is 18.2. The van der Waals surface area contributed by atoms with Crippen molar-refractivity contribution >= 4 is 28.6 Å². The third-order valence-electron chi connectivity index (χ3n) is 5.37. The smallest absolute Gasteiger partial charge is 0.233 e. The second-order valence-electron chi connectivity index (χ2n) is 7.24. The van der Waals surface area contributed by atoms with E-state index in [2.05, 4.69) is 29.1 Å². The summed E-state index contributed by atoms with van der Waals surface area (Å²) < 4.78 is 0. The highest BCUT2D eigenvalue weighted by Gasteiger charge is 2.29. The van der Waals surface area contributed by atoms with Crippen molar-refractivity contribution in [2.75, 3.05) is 0 Å². The number of hydrogen-bond donors (Lipinski definition) is 1. The van der Waals surface area contributed by atoms with Gasteiger partial charge >= 0.3 is 0 Å². The van der Waals surface area contributed by atoms with Crippen LogP contribution in [0.15, 0.2) is 29.3 Å². The number of nitrogens with zero attached hydrogens (tertiary/aromatic N) is 2. The van der Waals surface area contributed by atoms with Crippen molar-refractivity contribution in [2.45, 2.75) is 63.3 Å². The predicted molar refractivity (Wildman–Crippen MR) is 104 cm³/mol. The maximum atomic E-state index is 12.7. The van der Waals surface area contributed by atoms with Crippen LogP contribution in [0.3, 0.4) is 0 Å². The van der Waals surface area contributed by atoms with Crippen LogP contribution in [0.25, 0.3) is 10.9 Å². The van der Waals surface area contributed by atoms with Gasteiger partial charge in [0.05, 0.1) is 10.8 Å². The number of hydrogen-bond acceptors (Lipinski definition) is 4. The highest BCUT2D eigenvalue weighted by Crippen LogP contribution is 2.31. The largest absolute Gasteiger partial charge is 0.352 e. The Bertz CT molecular complexity index is 764. The van der Waals surface area contributed by atoms with Crippen LogP contribution < -0.4 is 5.32 Å². The lowest BCUT2D eigenvalue weighted by molar-refractivity contribution is -0.121. The third kappa shape index (κ3) is 4.14. The topological polar surface area (TPSA) is 54.9 Å². The van der Waals surface area contributed by atoms with E-state index in [1.807, 2.05) is 38.1 Å². The number of aromatic nitrogens is 2. The van der Waals surface area contributed by atoms with Crippen LogP contribution in [-0.2, 0) is 4.79 Å². The van der Waals surface area contributed by atoms with Crippen molar-refractivity contribution in [3.8, 4) is 0 Å². The first-order valence-electron chi connectivity index (χ1n) is 9.16. The number of benzene rings is 1. The summed E-state index contributed by atoms with van der Waals surface area (Å²) in [6.07, 6.45) is 3.56. The van der Waals surface area contributed by atoms with Gasteiger partial charge in [-0.3, -0.25) is 4.79 Å². The van der Waals surface area contributed by atoms with Crippen LogP contribution in [0, 0.1) is 18.8 Å². The molecule has 1 heterocycles. The molecule has 5 heteroatoms. The quantitative estimate of drug-likeness (QED) is 0.652. The molecular formula is C20H27N3OS. The normalized spacial score (nSPS) is 24.9. The number of thioether (sulfide) groups is 1. The van der Waals surface area contributed by atoms with Crippen LogP contribution in [0.5, 0.6) is 0 Å². The molecule has 1 fully saturated rings. The standard InChI is InChI=1S/C20H27N3OS/c1-12-8-7-11-17(13(12)2)23-19(24)14(3)25-20-16-9-5-6-10-18(16)21-15(4)22-20/h5-6,9-10,12-14,17H,7-8,11H2,1-4H3,(H,23,24)/t12-,13-,14+,17-/m0/s1. The summed E-state index contributed by atoms with van der Waals surface area (Å²) in [5, 5.41) is 5.00. The summed E-state index contributed by atoms with van der Waals surface area (Å²) in [4.78, 5) is 21.8. The van der Waals surface area contributed by atoms with E-state index in [0.717, 1.165) is 28.2 Å². The van der Waals surface area contributed by atoms with Crippen molar-refractivity contribution < 1.29 is 4.79 Å². The van der Waals surface area contributed by atoms with Gasteiger partial charge in [0.15, 0.2) is 0 Å². The molecule has 3 rings (SSSR count). The SMILES string of the molecule is Cc1nc(S[C@H](C)C(=O)N[C@H]2CCC[C@H](C)[C@@H]2C)c2ccccc2n1. The second kappa shape index (κ2) is 7.73. The summed E-state index contributed by atoms with van der Waals surface area (Å²) >= 11 is 1.52. The fraction of sp³-hybridized carbons (Fsp3) is 0.550. The Balaban J connectivity index is 1.72. The summed E-state index contributed by atoms with van der Waals surface area (Å²) in [5.74, 6) is 2.06. The molecule has 1 aromatic carbocycles. The minimum absolute atomic E-state index is 0.108. The Morgan fingerprint density at radius 1 is 1.24 bits per heavy atom. The molecule has 25 heavy (non-hydrogen) atoms. The minimum Gasteiger partial charge on any atom is -0.352 e. The molecule has 4 nitrogen and oxygen atoms in total. The number of fused-ring (bicyclic) bond motifs is 1. The van der Waals surface area contributed by atoms with E-state index < -0.39 is 0 Å². The van der Waals surface area contributed by atoms with Gasteiger partial charge in [0, 0.05) is 11.4 Å². The molecule has 1 aliphatic rings. The maximum absolute atomic E-state index is 12.7. The van der Waals surface area contributed by atoms with E-state index in [0.29, 0.717) is 17.9 Å². The van der Waals surface area contributed by atoms with Crippen LogP contribution in [-0.4, -0.2) is 27.2 Å². The molecule has 1 aromatic heterocycles. The van der Waals surface area contributed by atoms with Crippen molar-refractivity contribution in [1.29, 1.82) is 0 Å². The van der Waals surface area contributed by atoms with E-state index in [1.165, 1.54) is 24.6 Å². The Morgan fingerprint density at radius 3 is 2.80 bits per heavy atom.